The molecule has 0 atom stereocenters. The van der Waals surface area contributed by atoms with E-state index in [0.29, 0.717) is 5.95 Å². The van der Waals surface area contributed by atoms with Gasteiger partial charge in [0, 0.05) is 13.1 Å². The molecule has 3 N–H and O–H groups in total. The fraction of sp³-hybridized carbons (Fsp3) is 0.357. The number of anilines is 2. The molecule has 0 aliphatic rings. The zero-order chi connectivity index (χ0) is 14.5. The molecule has 6 nitrogen and oxygen atoms in total. The number of H-pyrrole nitrogens is 1. The highest BCUT2D eigenvalue weighted by atomic mass is 32.1. The first kappa shape index (κ1) is 13.8. The summed E-state index contributed by atoms with van der Waals surface area (Å²) < 4.78 is 0. The van der Waals surface area contributed by atoms with Crippen LogP contribution < -0.4 is 10.6 Å². The van der Waals surface area contributed by atoms with E-state index in [1.165, 1.54) is 5.56 Å². The van der Waals surface area contributed by atoms with Crippen molar-refractivity contribution in [3.8, 4) is 0 Å². The van der Waals surface area contributed by atoms with Crippen LogP contribution in [0.1, 0.15) is 18.9 Å². The van der Waals surface area contributed by atoms with Gasteiger partial charge >= 0.3 is 0 Å². The summed E-state index contributed by atoms with van der Waals surface area (Å²) in [5.74, 6) is 1.45. The van der Waals surface area contributed by atoms with E-state index in [4.69, 9.17) is 0 Å². The quantitative estimate of drug-likeness (QED) is 0.625. The molecule has 0 aliphatic carbocycles. The van der Waals surface area contributed by atoms with Gasteiger partial charge in [-0.15, -0.1) is 0 Å². The minimum atomic E-state index is 0.631. The predicted octanol–water partition coefficient (Wildman–Crippen LogP) is 2.89. The monoisotopic (exact) mass is 302 g/mol. The van der Waals surface area contributed by atoms with Crippen molar-refractivity contribution in [3.05, 3.63) is 28.6 Å². The molecular weight excluding hydrogens is 284 g/mol. The number of rotatable bonds is 7. The molecule has 3 heterocycles. The summed E-state index contributed by atoms with van der Waals surface area (Å²) in [6.45, 7) is 3.80. The number of aromatic amines is 1. The zero-order valence-electron chi connectivity index (χ0n) is 11.9. The molecule has 0 aliphatic heterocycles. The van der Waals surface area contributed by atoms with E-state index in [-0.39, 0.29) is 0 Å². The van der Waals surface area contributed by atoms with Crippen LogP contribution in [-0.2, 0) is 6.42 Å². The molecule has 3 rings (SSSR count). The maximum atomic E-state index is 4.54. The maximum absolute atomic E-state index is 4.54. The van der Waals surface area contributed by atoms with Crippen LogP contribution in [0.5, 0.6) is 0 Å². The van der Waals surface area contributed by atoms with E-state index >= 15 is 0 Å². The lowest BCUT2D eigenvalue weighted by Gasteiger charge is -2.09. The van der Waals surface area contributed by atoms with Gasteiger partial charge in [-0.25, -0.2) is 0 Å². The molecule has 21 heavy (non-hydrogen) atoms. The average molecular weight is 302 g/mol. The Balaban J connectivity index is 1.74. The Kier molecular flexibility index (Phi) is 4.30. The topological polar surface area (TPSA) is 78.5 Å². The van der Waals surface area contributed by atoms with E-state index in [2.05, 4.69) is 54.5 Å². The first-order valence-electron chi connectivity index (χ1n) is 7.06. The first-order valence-corrected chi connectivity index (χ1v) is 8.01. The van der Waals surface area contributed by atoms with Crippen molar-refractivity contribution < 1.29 is 0 Å². The highest BCUT2D eigenvalue weighted by molar-refractivity contribution is 7.07. The van der Waals surface area contributed by atoms with Gasteiger partial charge in [0.1, 0.15) is 5.82 Å². The van der Waals surface area contributed by atoms with E-state index in [9.17, 15) is 0 Å². The minimum absolute atomic E-state index is 0.631. The summed E-state index contributed by atoms with van der Waals surface area (Å²) in [5.41, 5.74) is 2.09. The van der Waals surface area contributed by atoms with E-state index < -0.39 is 0 Å². The number of aromatic nitrogens is 4. The largest absolute Gasteiger partial charge is 0.369 e. The molecule has 110 valence electrons. The van der Waals surface area contributed by atoms with Crippen molar-refractivity contribution in [2.75, 3.05) is 23.7 Å². The Labute approximate surface area is 127 Å². The molecule has 0 radical (unpaired) electrons. The van der Waals surface area contributed by atoms with Crippen molar-refractivity contribution in [2.45, 2.75) is 19.8 Å². The third-order valence-electron chi connectivity index (χ3n) is 3.13. The third-order valence-corrected chi connectivity index (χ3v) is 3.86. The van der Waals surface area contributed by atoms with Gasteiger partial charge in [-0.1, -0.05) is 6.92 Å². The zero-order valence-corrected chi connectivity index (χ0v) is 12.7. The summed E-state index contributed by atoms with van der Waals surface area (Å²) in [7, 11) is 0. The lowest BCUT2D eigenvalue weighted by atomic mass is 10.2. The molecule has 0 amide bonds. The van der Waals surface area contributed by atoms with Crippen LogP contribution >= 0.6 is 11.3 Å². The van der Waals surface area contributed by atoms with Crippen LogP contribution in [0.2, 0.25) is 0 Å². The summed E-state index contributed by atoms with van der Waals surface area (Å²) in [4.78, 5) is 8.95. The van der Waals surface area contributed by atoms with Crippen LogP contribution in [0.4, 0.5) is 11.8 Å². The second-order valence-corrected chi connectivity index (χ2v) is 5.54. The number of thiophene rings is 1. The van der Waals surface area contributed by atoms with Crippen molar-refractivity contribution in [3.63, 3.8) is 0 Å². The van der Waals surface area contributed by atoms with Crippen LogP contribution in [-0.4, -0.2) is 33.3 Å². The normalized spacial score (nSPS) is 10.9. The fourth-order valence-corrected chi connectivity index (χ4v) is 2.75. The first-order chi connectivity index (χ1) is 10.4. The molecule has 0 saturated carbocycles. The lowest BCUT2D eigenvalue weighted by molar-refractivity contribution is 0.951. The SMILES string of the molecule is CCCNc1nc(NCCc2ccsc2)c2cn[nH]c2n1. The summed E-state index contributed by atoms with van der Waals surface area (Å²) >= 11 is 1.72. The molecule has 0 aromatic carbocycles. The standard InChI is InChI=1S/C14H18N6S/c1-2-5-16-14-18-12(11-8-17-20-13(11)19-14)15-6-3-10-4-7-21-9-10/h4,7-9H,2-3,5-6H2,1H3,(H3,15,16,17,18,19,20). The second-order valence-electron chi connectivity index (χ2n) is 4.76. The number of nitrogens with zero attached hydrogens (tertiary/aromatic N) is 3. The molecule has 0 fully saturated rings. The second kappa shape index (κ2) is 6.53. The summed E-state index contributed by atoms with van der Waals surface area (Å²) in [5, 5.41) is 18.7. The average Bonchev–Trinajstić information content (AvgIpc) is 3.15. The highest BCUT2D eigenvalue weighted by Crippen LogP contribution is 2.20. The number of fused-ring (bicyclic) bond motifs is 1. The van der Waals surface area contributed by atoms with Crippen molar-refractivity contribution >= 4 is 34.1 Å². The molecule has 0 saturated heterocycles. The Bertz CT molecular complexity index is 691. The number of hydrogen-bond donors (Lipinski definition) is 3. The van der Waals surface area contributed by atoms with Gasteiger partial charge in [0.15, 0.2) is 5.65 Å². The third kappa shape index (κ3) is 3.30. The van der Waals surface area contributed by atoms with E-state index in [1.807, 2.05) is 0 Å². The molecule has 0 bridgehead atoms. The van der Waals surface area contributed by atoms with E-state index in [0.717, 1.165) is 42.8 Å². The molecule has 7 heteroatoms. The van der Waals surface area contributed by atoms with Gasteiger partial charge in [-0.2, -0.15) is 26.4 Å². The van der Waals surface area contributed by atoms with Crippen molar-refractivity contribution in [1.82, 2.24) is 20.2 Å². The Hall–Kier alpha value is -2.15. The van der Waals surface area contributed by atoms with Gasteiger partial charge in [0.05, 0.1) is 11.6 Å². The summed E-state index contributed by atoms with van der Waals surface area (Å²) in [6, 6.07) is 2.15. The minimum Gasteiger partial charge on any atom is -0.369 e. The number of hydrogen-bond acceptors (Lipinski definition) is 6. The molecular formula is C14H18N6S. The fourth-order valence-electron chi connectivity index (χ4n) is 2.05. The Morgan fingerprint density at radius 1 is 1.24 bits per heavy atom. The Morgan fingerprint density at radius 2 is 2.19 bits per heavy atom. The van der Waals surface area contributed by atoms with Gasteiger partial charge in [-0.3, -0.25) is 5.10 Å². The van der Waals surface area contributed by atoms with Crippen LogP contribution in [0.3, 0.4) is 0 Å². The van der Waals surface area contributed by atoms with Gasteiger partial charge < -0.3 is 10.6 Å². The van der Waals surface area contributed by atoms with Crippen LogP contribution in [0, 0.1) is 0 Å². The predicted molar refractivity (Wildman–Crippen MR) is 87.0 cm³/mol. The molecule has 0 spiro atoms. The lowest BCUT2D eigenvalue weighted by Crippen LogP contribution is -2.10. The maximum Gasteiger partial charge on any atom is 0.226 e. The molecule has 3 aromatic rings. The Morgan fingerprint density at radius 3 is 3.00 bits per heavy atom. The van der Waals surface area contributed by atoms with E-state index in [1.54, 1.807) is 17.5 Å². The van der Waals surface area contributed by atoms with Crippen molar-refractivity contribution in [1.29, 1.82) is 0 Å². The molecule has 0 unspecified atom stereocenters. The smallest absolute Gasteiger partial charge is 0.226 e. The highest BCUT2D eigenvalue weighted by Gasteiger charge is 2.08. The summed E-state index contributed by atoms with van der Waals surface area (Å²) in [6.07, 6.45) is 3.77. The van der Waals surface area contributed by atoms with Crippen LogP contribution in [0.15, 0.2) is 23.0 Å². The van der Waals surface area contributed by atoms with Crippen LogP contribution in [0.25, 0.3) is 11.0 Å². The van der Waals surface area contributed by atoms with Gasteiger partial charge in [0.2, 0.25) is 5.95 Å². The number of nitrogens with one attached hydrogen (secondary N) is 3. The van der Waals surface area contributed by atoms with Gasteiger partial charge in [0.25, 0.3) is 0 Å². The van der Waals surface area contributed by atoms with Gasteiger partial charge in [-0.05, 0) is 35.2 Å². The molecule has 3 aromatic heterocycles. The van der Waals surface area contributed by atoms with Crippen molar-refractivity contribution in [2.24, 2.45) is 0 Å².